The number of aromatic nitrogens is 1. The number of hydrogen-bond donors (Lipinski definition) is 1. The normalized spacial score (nSPS) is 21.3. The monoisotopic (exact) mass is 601 g/mol. The van der Waals surface area contributed by atoms with E-state index in [1.807, 2.05) is 30.3 Å². The van der Waals surface area contributed by atoms with Gasteiger partial charge in [-0.3, -0.25) is 9.59 Å². The second-order valence-corrected chi connectivity index (χ2v) is 13.3. The minimum absolute atomic E-state index is 0.00665. The predicted molar refractivity (Wildman–Crippen MR) is 181 cm³/mol. The number of carbonyl (C=O) groups is 2. The number of nitriles is 1. The highest BCUT2D eigenvalue weighted by molar-refractivity contribution is 6.02. The Morgan fingerprint density at radius 2 is 1.80 bits per heavy atom. The second kappa shape index (κ2) is 15.4. The quantitative estimate of drug-likeness (QED) is 0.156. The Bertz CT molecular complexity index is 1570. The van der Waals surface area contributed by atoms with Crippen LogP contribution < -0.4 is 5.73 Å². The van der Waals surface area contributed by atoms with Gasteiger partial charge in [0.15, 0.2) is 5.78 Å². The number of nitrogens with zero attached hydrogens (tertiary/aromatic N) is 2. The maximum atomic E-state index is 14.2. The van der Waals surface area contributed by atoms with Crippen LogP contribution in [0.5, 0.6) is 0 Å². The number of allylic oxidation sites excluding steroid dienone is 1. The third-order valence-corrected chi connectivity index (χ3v) is 10.2. The molecule has 0 amide bonds. The third-order valence-electron chi connectivity index (χ3n) is 10.2. The number of aryl methyl sites for hydroxylation is 2. The minimum Gasteiger partial charge on any atom is -0.330 e. The molecule has 5 rings (SSSR count). The molecule has 3 unspecified atom stereocenters. The molecule has 5 heteroatoms. The Hall–Kier alpha value is -3.88. The van der Waals surface area contributed by atoms with Crippen LogP contribution in [0.25, 0.3) is 16.8 Å². The van der Waals surface area contributed by atoms with Gasteiger partial charge in [-0.05, 0) is 99.6 Å². The van der Waals surface area contributed by atoms with E-state index in [-0.39, 0.29) is 17.6 Å². The van der Waals surface area contributed by atoms with Crippen LogP contribution in [0, 0.1) is 41.9 Å². The summed E-state index contributed by atoms with van der Waals surface area (Å²) in [5.41, 5.74) is 12.3. The first-order valence-corrected chi connectivity index (χ1v) is 16.9. The van der Waals surface area contributed by atoms with Crippen molar-refractivity contribution in [3.8, 4) is 17.3 Å². The standard InChI is InChI=1S/C40H47N3O2/c1-27-8-7-10-29(24-27)15-14-28(2)39-36(20-21-37(43-39)34-13-6-5-12-33(34)26-42)40(45)35-19-18-31(35)17-16-30-9-3-4-11-32(25-30)38(44)22-23-41/h5-8,10,12-13,20-21,24,30-32,35H,2-4,9,11,14-19,22-23,25,41H2,1H3/t30?,31-,32?,35?/m0/s1. The zero-order valence-electron chi connectivity index (χ0n) is 26.8. The van der Waals surface area contributed by atoms with Crippen molar-refractivity contribution < 1.29 is 9.59 Å². The van der Waals surface area contributed by atoms with Crippen LogP contribution in [0.15, 0.2) is 67.2 Å². The van der Waals surface area contributed by atoms with Gasteiger partial charge < -0.3 is 5.73 Å². The summed E-state index contributed by atoms with van der Waals surface area (Å²) in [5, 5.41) is 9.73. The second-order valence-electron chi connectivity index (χ2n) is 13.3. The molecule has 1 heterocycles. The van der Waals surface area contributed by atoms with Crippen molar-refractivity contribution >= 4 is 17.1 Å². The summed E-state index contributed by atoms with van der Waals surface area (Å²) in [6.07, 6.45) is 11.6. The maximum absolute atomic E-state index is 14.2. The number of carbonyl (C=O) groups excluding carboxylic acids is 2. The molecule has 1 aromatic heterocycles. The molecular weight excluding hydrogens is 554 g/mol. The lowest BCUT2D eigenvalue weighted by Crippen LogP contribution is -2.34. The molecule has 234 valence electrons. The summed E-state index contributed by atoms with van der Waals surface area (Å²) in [4.78, 5) is 31.8. The summed E-state index contributed by atoms with van der Waals surface area (Å²) in [7, 11) is 0. The van der Waals surface area contributed by atoms with Gasteiger partial charge in [0.25, 0.3) is 0 Å². The number of Topliss-reactive ketones (excluding diaryl/α,β-unsaturated/α-hetero) is 2. The van der Waals surface area contributed by atoms with Crippen LogP contribution in [0.3, 0.4) is 0 Å². The van der Waals surface area contributed by atoms with Crippen LogP contribution >= 0.6 is 0 Å². The van der Waals surface area contributed by atoms with Crippen LogP contribution in [-0.2, 0) is 11.2 Å². The average molecular weight is 602 g/mol. The Balaban J connectivity index is 1.33. The molecule has 2 saturated carbocycles. The highest BCUT2D eigenvalue weighted by Crippen LogP contribution is 2.43. The first-order valence-electron chi connectivity index (χ1n) is 16.9. The van der Waals surface area contributed by atoms with Gasteiger partial charge in [0.1, 0.15) is 5.78 Å². The lowest BCUT2D eigenvalue weighted by molar-refractivity contribution is -0.123. The fraction of sp³-hybridized carbons (Fsp3) is 0.450. The van der Waals surface area contributed by atoms with E-state index in [2.05, 4.69) is 43.8 Å². The molecule has 2 N–H and O–H groups in total. The molecular formula is C40H47N3O2. The molecule has 3 aromatic rings. The van der Waals surface area contributed by atoms with Crippen molar-refractivity contribution in [2.24, 2.45) is 29.4 Å². The van der Waals surface area contributed by atoms with Crippen LogP contribution in [0.1, 0.15) is 103 Å². The van der Waals surface area contributed by atoms with Crippen molar-refractivity contribution in [1.29, 1.82) is 5.26 Å². The van der Waals surface area contributed by atoms with E-state index in [4.69, 9.17) is 10.7 Å². The molecule has 45 heavy (non-hydrogen) atoms. The fourth-order valence-electron chi connectivity index (χ4n) is 7.43. The summed E-state index contributed by atoms with van der Waals surface area (Å²) in [5.74, 6) is 1.57. The zero-order valence-corrected chi connectivity index (χ0v) is 26.8. The van der Waals surface area contributed by atoms with Crippen molar-refractivity contribution in [2.75, 3.05) is 6.54 Å². The molecule has 0 saturated heterocycles. The van der Waals surface area contributed by atoms with Crippen LogP contribution in [0.2, 0.25) is 0 Å². The van der Waals surface area contributed by atoms with Gasteiger partial charge in [-0.2, -0.15) is 5.26 Å². The molecule has 4 atom stereocenters. The number of ketones is 2. The van der Waals surface area contributed by atoms with Crippen molar-refractivity contribution in [2.45, 2.75) is 84.0 Å². The highest BCUT2D eigenvalue weighted by Gasteiger charge is 2.38. The lowest BCUT2D eigenvalue weighted by atomic mass is 9.67. The zero-order chi connectivity index (χ0) is 31.8. The average Bonchev–Trinajstić information content (AvgIpc) is 3.29. The number of pyridine rings is 1. The van der Waals surface area contributed by atoms with Crippen LogP contribution in [-0.4, -0.2) is 23.1 Å². The number of rotatable bonds is 13. The summed E-state index contributed by atoms with van der Waals surface area (Å²) in [6, 6.07) is 22.0. The third kappa shape index (κ3) is 8.05. The van der Waals surface area contributed by atoms with E-state index in [1.165, 1.54) is 24.0 Å². The molecule has 2 aromatic carbocycles. The number of hydrogen-bond acceptors (Lipinski definition) is 5. The van der Waals surface area contributed by atoms with Gasteiger partial charge in [-0.15, -0.1) is 0 Å². The highest BCUT2D eigenvalue weighted by atomic mass is 16.1. The molecule has 0 bridgehead atoms. The van der Waals surface area contributed by atoms with E-state index in [1.54, 1.807) is 6.07 Å². The van der Waals surface area contributed by atoms with Gasteiger partial charge in [-0.1, -0.05) is 80.3 Å². The summed E-state index contributed by atoms with van der Waals surface area (Å²) < 4.78 is 0. The Kier molecular flexibility index (Phi) is 11.1. The molecule has 0 aliphatic heterocycles. The first kappa shape index (κ1) is 32.5. The van der Waals surface area contributed by atoms with E-state index in [9.17, 15) is 14.9 Å². The van der Waals surface area contributed by atoms with Crippen molar-refractivity contribution in [1.82, 2.24) is 4.98 Å². The van der Waals surface area contributed by atoms with Gasteiger partial charge in [0.2, 0.25) is 0 Å². The van der Waals surface area contributed by atoms with Crippen molar-refractivity contribution in [3.05, 3.63) is 95.2 Å². The Morgan fingerprint density at radius 1 is 0.978 bits per heavy atom. The van der Waals surface area contributed by atoms with Gasteiger partial charge in [0, 0.05) is 29.4 Å². The number of nitrogens with two attached hydrogens (primary N) is 1. The molecule has 5 nitrogen and oxygen atoms in total. The van der Waals surface area contributed by atoms with Gasteiger partial charge in [-0.25, -0.2) is 4.98 Å². The van der Waals surface area contributed by atoms with E-state index < -0.39 is 0 Å². The Morgan fingerprint density at radius 3 is 2.56 bits per heavy atom. The van der Waals surface area contributed by atoms with Crippen molar-refractivity contribution in [3.63, 3.8) is 0 Å². The van der Waals surface area contributed by atoms with Gasteiger partial charge in [0.05, 0.1) is 23.0 Å². The summed E-state index contributed by atoms with van der Waals surface area (Å²) >= 11 is 0. The predicted octanol–water partition coefficient (Wildman–Crippen LogP) is 8.68. The largest absolute Gasteiger partial charge is 0.330 e. The number of benzene rings is 2. The van der Waals surface area contributed by atoms with E-state index in [0.717, 1.165) is 62.5 Å². The Labute approximate surface area is 269 Å². The van der Waals surface area contributed by atoms with Gasteiger partial charge >= 0.3 is 0 Å². The smallest absolute Gasteiger partial charge is 0.168 e. The molecule has 2 fully saturated rings. The topological polar surface area (TPSA) is 96.8 Å². The first-order chi connectivity index (χ1) is 21.9. The van der Waals surface area contributed by atoms with E-state index >= 15 is 0 Å². The minimum atomic E-state index is -0.00665. The maximum Gasteiger partial charge on any atom is 0.168 e. The van der Waals surface area contributed by atoms with Crippen LogP contribution in [0.4, 0.5) is 0 Å². The van der Waals surface area contributed by atoms with E-state index in [0.29, 0.717) is 59.5 Å². The molecule has 0 spiro atoms. The molecule has 0 radical (unpaired) electrons. The molecule has 2 aliphatic rings. The molecule has 2 aliphatic carbocycles. The summed E-state index contributed by atoms with van der Waals surface area (Å²) in [6.45, 7) is 6.96. The lowest BCUT2D eigenvalue weighted by Gasteiger charge is -2.37. The SMILES string of the molecule is C=C(CCc1cccc(C)c1)c1nc(-c2ccccc2C#N)ccc1C(=O)C1CC[C@@H]1CCC1CCCCC(C(=O)CCN)C1. The fourth-order valence-corrected chi connectivity index (χ4v) is 7.43.